The molecular formula is C26H29N3O3. The minimum atomic E-state index is -0.0524. The van der Waals surface area contributed by atoms with Crippen LogP contribution >= 0.6 is 0 Å². The summed E-state index contributed by atoms with van der Waals surface area (Å²) in [7, 11) is 0. The molecule has 0 bridgehead atoms. The third-order valence-corrected chi connectivity index (χ3v) is 7.02. The highest BCUT2D eigenvalue weighted by Gasteiger charge is 2.31. The number of likely N-dealkylation sites (tertiary alicyclic amines) is 1. The largest absolute Gasteiger partial charge is 0.341 e. The quantitative estimate of drug-likeness (QED) is 0.581. The highest BCUT2D eigenvalue weighted by atomic mass is 16.2. The fourth-order valence-corrected chi connectivity index (χ4v) is 5.32. The van der Waals surface area contributed by atoms with Crippen LogP contribution in [-0.2, 0) is 16.1 Å². The van der Waals surface area contributed by atoms with Gasteiger partial charge in [-0.3, -0.25) is 14.4 Å². The summed E-state index contributed by atoms with van der Waals surface area (Å²) in [5, 5.41) is 1.22. The molecule has 1 saturated heterocycles. The van der Waals surface area contributed by atoms with Crippen LogP contribution < -0.4 is 5.43 Å². The number of para-hydroxylation sites is 2. The topological polar surface area (TPSA) is 62.6 Å². The third kappa shape index (κ3) is 3.78. The molecule has 1 aliphatic carbocycles. The Labute approximate surface area is 187 Å². The average molecular weight is 432 g/mol. The van der Waals surface area contributed by atoms with Crippen LogP contribution in [0.2, 0.25) is 0 Å². The lowest BCUT2D eigenvalue weighted by molar-refractivity contribution is -0.142. The van der Waals surface area contributed by atoms with Crippen LogP contribution in [0.15, 0.2) is 53.3 Å². The van der Waals surface area contributed by atoms with E-state index in [0.717, 1.165) is 62.6 Å². The van der Waals surface area contributed by atoms with Gasteiger partial charge >= 0.3 is 0 Å². The van der Waals surface area contributed by atoms with Crippen LogP contribution in [0.1, 0.15) is 38.5 Å². The first-order valence-electron chi connectivity index (χ1n) is 11.7. The summed E-state index contributed by atoms with van der Waals surface area (Å²) in [6.07, 6.45) is 6.17. The molecule has 0 N–H and O–H groups in total. The molecule has 32 heavy (non-hydrogen) atoms. The number of rotatable bonds is 5. The van der Waals surface area contributed by atoms with Gasteiger partial charge in [-0.2, -0.15) is 0 Å². The lowest BCUT2D eigenvalue weighted by Crippen LogP contribution is -2.47. The Morgan fingerprint density at radius 2 is 1.41 bits per heavy atom. The van der Waals surface area contributed by atoms with E-state index in [2.05, 4.69) is 0 Å². The number of pyridine rings is 1. The van der Waals surface area contributed by atoms with E-state index >= 15 is 0 Å². The normalized spacial score (nSPS) is 16.8. The highest BCUT2D eigenvalue weighted by Crippen LogP contribution is 2.25. The van der Waals surface area contributed by atoms with E-state index in [1.165, 1.54) is 0 Å². The van der Waals surface area contributed by atoms with Crippen molar-refractivity contribution in [2.24, 2.45) is 0 Å². The van der Waals surface area contributed by atoms with Gasteiger partial charge in [0.25, 0.3) is 0 Å². The van der Waals surface area contributed by atoms with Crippen molar-refractivity contribution >= 4 is 33.6 Å². The van der Waals surface area contributed by atoms with Crippen LogP contribution in [0, 0.1) is 0 Å². The lowest BCUT2D eigenvalue weighted by Gasteiger charge is -2.31. The van der Waals surface area contributed by atoms with Gasteiger partial charge in [0, 0.05) is 29.9 Å². The number of carbonyl (C=O) groups excluding carboxylic acids is 2. The molecular weight excluding hydrogens is 402 g/mol. The summed E-state index contributed by atoms with van der Waals surface area (Å²) in [6.45, 7) is 1.85. The average Bonchev–Trinajstić information content (AvgIpc) is 3.55. The van der Waals surface area contributed by atoms with Gasteiger partial charge in [-0.15, -0.1) is 0 Å². The maximum atomic E-state index is 13.7. The summed E-state index contributed by atoms with van der Waals surface area (Å²) in [4.78, 5) is 43.3. The third-order valence-electron chi connectivity index (χ3n) is 7.02. The Morgan fingerprint density at radius 3 is 2.00 bits per heavy atom. The van der Waals surface area contributed by atoms with Crippen molar-refractivity contribution in [3.05, 3.63) is 58.8 Å². The molecule has 166 valence electrons. The number of nitrogens with zero attached hydrogens (tertiary/aromatic N) is 3. The molecule has 2 aromatic carbocycles. The molecule has 0 radical (unpaired) electrons. The molecule has 1 aromatic heterocycles. The number of aromatic nitrogens is 1. The van der Waals surface area contributed by atoms with Crippen LogP contribution in [-0.4, -0.2) is 51.9 Å². The Balaban J connectivity index is 1.52. The van der Waals surface area contributed by atoms with Crippen molar-refractivity contribution in [1.29, 1.82) is 0 Å². The van der Waals surface area contributed by atoms with E-state index < -0.39 is 0 Å². The SMILES string of the molecule is O=C(CN(C(=O)Cn1c2ccccc2c(=O)c2ccccc21)C1CCCC1)N1CCCC1. The zero-order chi connectivity index (χ0) is 22.1. The molecule has 1 aliphatic heterocycles. The molecule has 5 rings (SSSR count). The van der Waals surface area contributed by atoms with Crippen LogP contribution in [0.25, 0.3) is 21.8 Å². The summed E-state index contributed by atoms with van der Waals surface area (Å²) in [6, 6.07) is 15.0. The van der Waals surface area contributed by atoms with E-state index in [1.807, 2.05) is 62.9 Å². The number of amides is 2. The predicted molar refractivity (Wildman–Crippen MR) is 125 cm³/mol. The van der Waals surface area contributed by atoms with Gasteiger partial charge in [0.15, 0.2) is 5.43 Å². The number of hydrogen-bond acceptors (Lipinski definition) is 3. The maximum Gasteiger partial charge on any atom is 0.243 e. The molecule has 2 heterocycles. The number of carbonyl (C=O) groups is 2. The van der Waals surface area contributed by atoms with Crippen LogP contribution in [0.4, 0.5) is 0 Å². The van der Waals surface area contributed by atoms with Gasteiger partial charge in [0.2, 0.25) is 11.8 Å². The Bertz CT molecular complexity index is 1160. The molecule has 0 unspecified atom stereocenters. The van der Waals surface area contributed by atoms with E-state index in [1.54, 1.807) is 0 Å². The molecule has 0 atom stereocenters. The second kappa shape index (κ2) is 8.77. The van der Waals surface area contributed by atoms with E-state index in [0.29, 0.717) is 10.8 Å². The molecule has 2 aliphatic rings. The van der Waals surface area contributed by atoms with E-state index in [9.17, 15) is 14.4 Å². The van der Waals surface area contributed by atoms with Gasteiger partial charge in [0.1, 0.15) is 13.1 Å². The number of benzene rings is 2. The first-order chi connectivity index (χ1) is 15.6. The highest BCUT2D eigenvalue weighted by molar-refractivity contribution is 5.95. The van der Waals surface area contributed by atoms with Gasteiger partial charge in [0.05, 0.1) is 11.0 Å². The molecule has 1 saturated carbocycles. The summed E-state index contributed by atoms with van der Waals surface area (Å²) in [5.41, 5.74) is 1.49. The molecule has 2 amide bonds. The first kappa shape index (κ1) is 20.7. The number of hydrogen-bond donors (Lipinski definition) is 0. The second-order valence-corrected chi connectivity index (χ2v) is 9.00. The molecule has 3 aromatic rings. The lowest BCUT2D eigenvalue weighted by atomic mass is 10.1. The van der Waals surface area contributed by atoms with Gasteiger partial charge in [-0.1, -0.05) is 37.1 Å². The summed E-state index contributed by atoms with van der Waals surface area (Å²) in [5.74, 6) is 0.000717. The van der Waals surface area contributed by atoms with Crippen molar-refractivity contribution in [2.75, 3.05) is 19.6 Å². The molecule has 6 nitrogen and oxygen atoms in total. The first-order valence-corrected chi connectivity index (χ1v) is 11.7. The molecule has 2 fully saturated rings. The minimum absolute atomic E-state index is 0.0169. The number of fused-ring (bicyclic) bond motifs is 2. The van der Waals surface area contributed by atoms with Gasteiger partial charge in [-0.25, -0.2) is 0 Å². The zero-order valence-electron chi connectivity index (χ0n) is 18.3. The van der Waals surface area contributed by atoms with Crippen molar-refractivity contribution in [2.45, 2.75) is 51.1 Å². The van der Waals surface area contributed by atoms with Crippen LogP contribution in [0.3, 0.4) is 0 Å². The predicted octanol–water partition coefficient (Wildman–Crippen LogP) is 3.55. The van der Waals surface area contributed by atoms with Gasteiger partial charge in [-0.05, 0) is 49.9 Å². The zero-order valence-corrected chi connectivity index (χ0v) is 18.3. The maximum absolute atomic E-state index is 13.7. The Morgan fingerprint density at radius 1 is 0.844 bits per heavy atom. The standard InChI is InChI=1S/C26H29N3O3/c30-24(27-15-7-8-16-27)17-28(19-9-1-2-10-19)25(31)18-29-22-13-5-3-11-20(22)26(32)21-12-4-6-14-23(21)29/h3-6,11-14,19H,1-2,7-10,15-18H2. The van der Waals surface area contributed by atoms with Crippen molar-refractivity contribution in [3.63, 3.8) is 0 Å². The van der Waals surface area contributed by atoms with Gasteiger partial charge < -0.3 is 14.4 Å². The second-order valence-electron chi connectivity index (χ2n) is 9.00. The summed E-state index contributed by atoms with van der Waals surface area (Å²) >= 11 is 0. The van der Waals surface area contributed by atoms with Crippen molar-refractivity contribution in [3.8, 4) is 0 Å². The van der Waals surface area contributed by atoms with E-state index in [-0.39, 0.29) is 36.4 Å². The van der Waals surface area contributed by atoms with E-state index in [4.69, 9.17) is 0 Å². The van der Waals surface area contributed by atoms with Crippen molar-refractivity contribution < 1.29 is 9.59 Å². The monoisotopic (exact) mass is 431 g/mol. The Hall–Kier alpha value is -3.15. The fraction of sp³-hybridized carbons (Fsp3) is 0.423. The molecule has 0 spiro atoms. The van der Waals surface area contributed by atoms with Crippen molar-refractivity contribution in [1.82, 2.24) is 14.4 Å². The Kier molecular flexibility index (Phi) is 5.68. The fourth-order valence-electron chi connectivity index (χ4n) is 5.32. The van der Waals surface area contributed by atoms with Crippen LogP contribution in [0.5, 0.6) is 0 Å². The minimum Gasteiger partial charge on any atom is -0.341 e. The smallest absolute Gasteiger partial charge is 0.243 e. The molecule has 6 heteroatoms. The summed E-state index contributed by atoms with van der Waals surface area (Å²) < 4.78 is 1.94.